The Bertz CT molecular complexity index is 699. The maximum Gasteiger partial charge on any atom is 0.0639 e. The predicted octanol–water partition coefficient (Wildman–Crippen LogP) is 5.83. The van der Waals surface area contributed by atoms with Crippen LogP contribution in [0.4, 0.5) is 0 Å². The van der Waals surface area contributed by atoms with Crippen molar-refractivity contribution < 1.29 is 5.21 Å². The van der Waals surface area contributed by atoms with Gasteiger partial charge < -0.3 is 5.21 Å². The monoisotopic (exact) mass is 350 g/mol. The summed E-state index contributed by atoms with van der Waals surface area (Å²) in [5.74, 6) is 0.263. The lowest BCUT2D eigenvalue weighted by Crippen LogP contribution is -2.43. The van der Waals surface area contributed by atoms with Crippen LogP contribution in [0.15, 0.2) is 65.8 Å². The second-order valence-corrected chi connectivity index (χ2v) is 7.35. The molecule has 138 valence electrons. The van der Waals surface area contributed by atoms with Gasteiger partial charge in [0.15, 0.2) is 0 Å². The second-order valence-electron chi connectivity index (χ2n) is 7.35. The second kappa shape index (κ2) is 9.00. The molecule has 1 aliphatic rings. The van der Waals surface area contributed by atoms with E-state index >= 15 is 0 Å². The van der Waals surface area contributed by atoms with Crippen molar-refractivity contribution in [2.75, 3.05) is 7.05 Å². The Morgan fingerprint density at radius 2 is 1.58 bits per heavy atom. The van der Waals surface area contributed by atoms with Crippen LogP contribution in [0, 0.1) is 5.92 Å². The van der Waals surface area contributed by atoms with E-state index in [0.717, 1.165) is 18.6 Å². The average Bonchev–Trinajstić information content (AvgIpc) is 2.70. The van der Waals surface area contributed by atoms with E-state index < -0.39 is 0 Å². The third kappa shape index (κ3) is 3.99. The minimum atomic E-state index is 0.231. The van der Waals surface area contributed by atoms with Gasteiger partial charge in [-0.1, -0.05) is 92.0 Å². The maximum atomic E-state index is 9.80. The van der Waals surface area contributed by atoms with Gasteiger partial charge in [0.25, 0.3) is 0 Å². The number of nitrogens with zero attached hydrogens (tertiary/aromatic N) is 2. The number of likely N-dealkylation sites (tertiary alicyclic amines) is 1. The highest BCUT2D eigenvalue weighted by Gasteiger charge is 2.40. The standard InChI is InChI=1S/C23H30N2O/c1-3-4-7-16-20-21(24-26)17-22(18-12-8-5-9-13-18)25(2)23(20)19-14-10-6-11-15-19/h5-6,8-15,20,22-23,26H,3-4,7,16-17H2,1-2H3/t20-,22+,23-/m1/s1. The van der Waals surface area contributed by atoms with Crippen molar-refractivity contribution in [2.45, 2.75) is 51.1 Å². The highest BCUT2D eigenvalue weighted by molar-refractivity contribution is 5.88. The Labute approximate surface area is 157 Å². The lowest BCUT2D eigenvalue weighted by molar-refractivity contribution is 0.117. The molecule has 1 saturated heterocycles. The van der Waals surface area contributed by atoms with Crippen LogP contribution in [0.3, 0.4) is 0 Å². The predicted molar refractivity (Wildman–Crippen MR) is 108 cm³/mol. The highest BCUT2D eigenvalue weighted by Crippen LogP contribution is 2.44. The number of piperidine rings is 1. The van der Waals surface area contributed by atoms with E-state index in [4.69, 9.17) is 0 Å². The zero-order valence-electron chi connectivity index (χ0n) is 15.9. The van der Waals surface area contributed by atoms with Gasteiger partial charge in [-0.25, -0.2) is 0 Å². The van der Waals surface area contributed by atoms with Crippen molar-refractivity contribution in [2.24, 2.45) is 11.1 Å². The van der Waals surface area contributed by atoms with E-state index in [1.807, 2.05) is 0 Å². The zero-order chi connectivity index (χ0) is 18.4. The first-order valence-electron chi connectivity index (χ1n) is 9.79. The van der Waals surface area contributed by atoms with Gasteiger partial charge in [0.2, 0.25) is 0 Å². The fourth-order valence-corrected chi connectivity index (χ4v) is 4.35. The summed E-state index contributed by atoms with van der Waals surface area (Å²) >= 11 is 0. The van der Waals surface area contributed by atoms with Crippen molar-refractivity contribution in [1.29, 1.82) is 0 Å². The van der Waals surface area contributed by atoms with E-state index in [1.54, 1.807) is 0 Å². The molecule has 0 aromatic heterocycles. The zero-order valence-corrected chi connectivity index (χ0v) is 15.9. The van der Waals surface area contributed by atoms with Gasteiger partial charge in [0.1, 0.15) is 0 Å². The van der Waals surface area contributed by atoms with Gasteiger partial charge in [-0.3, -0.25) is 4.90 Å². The lowest BCUT2D eigenvalue weighted by atomic mass is 9.76. The van der Waals surface area contributed by atoms with Crippen molar-refractivity contribution in [3.63, 3.8) is 0 Å². The van der Waals surface area contributed by atoms with Crippen LogP contribution in [-0.2, 0) is 0 Å². The van der Waals surface area contributed by atoms with Crippen LogP contribution >= 0.6 is 0 Å². The molecule has 2 aromatic rings. The molecule has 3 rings (SSSR count). The molecule has 1 N–H and O–H groups in total. The Morgan fingerprint density at radius 1 is 0.962 bits per heavy atom. The minimum Gasteiger partial charge on any atom is -0.411 e. The van der Waals surface area contributed by atoms with E-state index in [2.05, 4.69) is 84.7 Å². The van der Waals surface area contributed by atoms with Crippen LogP contribution in [0.1, 0.15) is 62.2 Å². The molecule has 26 heavy (non-hydrogen) atoms. The molecule has 1 fully saturated rings. The molecule has 0 amide bonds. The maximum absolute atomic E-state index is 9.80. The van der Waals surface area contributed by atoms with Crippen molar-refractivity contribution in [3.05, 3.63) is 71.8 Å². The van der Waals surface area contributed by atoms with Gasteiger partial charge in [-0.15, -0.1) is 0 Å². The SMILES string of the molecule is CCCCC[C@@H]1C(=NO)C[C@@H](c2ccccc2)N(C)[C@@H]1c1ccccc1. The van der Waals surface area contributed by atoms with E-state index in [1.165, 1.54) is 30.4 Å². The molecule has 2 aromatic carbocycles. The number of unbranched alkanes of at least 4 members (excludes halogenated alkanes) is 2. The van der Waals surface area contributed by atoms with Crippen LogP contribution in [0.2, 0.25) is 0 Å². The number of rotatable bonds is 6. The molecular weight excluding hydrogens is 320 g/mol. The Kier molecular flexibility index (Phi) is 6.45. The van der Waals surface area contributed by atoms with E-state index in [-0.39, 0.29) is 18.0 Å². The molecule has 3 nitrogen and oxygen atoms in total. The fourth-order valence-electron chi connectivity index (χ4n) is 4.35. The normalized spacial score (nSPS) is 25.5. The molecule has 0 aliphatic carbocycles. The first-order valence-corrected chi connectivity index (χ1v) is 9.79. The summed E-state index contributed by atoms with van der Waals surface area (Å²) in [4.78, 5) is 2.48. The largest absolute Gasteiger partial charge is 0.411 e. The Balaban J connectivity index is 1.97. The van der Waals surface area contributed by atoms with Gasteiger partial charge >= 0.3 is 0 Å². The van der Waals surface area contributed by atoms with Gasteiger partial charge in [-0.05, 0) is 24.6 Å². The molecule has 3 atom stereocenters. The third-order valence-corrected chi connectivity index (χ3v) is 5.71. The van der Waals surface area contributed by atoms with Gasteiger partial charge in [0, 0.05) is 24.4 Å². The molecule has 1 aliphatic heterocycles. The van der Waals surface area contributed by atoms with Crippen LogP contribution in [-0.4, -0.2) is 22.9 Å². The molecular formula is C23H30N2O. The summed E-state index contributed by atoms with van der Waals surface area (Å²) < 4.78 is 0. The smallest absolute Gasteiger partial charge is 0.0639 e. The molecule has 3 heteroatoms. The quantitative estimate of drug-likeness (QED) is 0.404. The van der Waals surface area contributed by atoms with E-state index in [9.17, 15) is 5.21 Å². The first-order chi connectivity index (χ1) is 12.8. The summed E-state index contributed by atoms with van der Waals surface area (Å²) in [5.41, 5.74) is 3.53. The molecule has 0 saturated carbocycles. The average molecular weight is 351 g/mol. The van der Waals surface area contributed by atoms with Crippen molar-refractivity contribution >= 4 is 5.71 Å². The number of benzene rings is 2. The van der Waals surface area contributed by atoms with Crippen molar-refractivity contribution in [3.8, 4) is 0 Å². The third-order valence-electron chi connectivity index (χ3n) is 5.71. The Hall–Kier alpha value is -2.13. The van der Waals surface area contributed by atoms with Crippen LogP contribution in [0.5, 0.6) is 0 Å². The molecule has 0 unspecified atom stereocenters. The molecule has 0 radical (unpaired) electrons. The first kappa shape index (κ1) is 18.7. The number of oxime groups is 1. The van der Waals surface area contributed by atoms with Gasteiger partial charge in [-0.2, -0.15) is 0 Å². The number of hydrogen-bond acceptors (Lipinski definition) is 3. The van der Waals surface area contributed by atoms with Crippen LogP contribution in [0.25, 0.3) is 0 Å². The summed E-state index contributed by atoms with van der Waals surface area (Å²) in [6.45, 7) is 2.23. The minimum absolute atomic E-state index is 0.231. The Morgan fingerprint density at radius 3 is 2.15 bits per heavy atom. The molecule has 1 heterocycles. The fraction of sp³-hybridized carbons (Fsp3) is 0.435. The summed E-state index contributed by atoms with van der Waals surface area (Å²) in [5, 5.41) is 13.6. The van der Waals surface area contributed by atoms with E-state index in [0.29, 0.717) is 0 Å². The molecule has 0 bridgehead atoms. The molecule has 0 spiro atoms. The van der Waals surface area contributed by atoms with Crippen LogP contribution < -0.4 is 0 Å². The summed E-state index contributed by atoms with van der Waals surface area (Å²) in [6, 6.07) is 21.7. The topological polar surface area (TPSA) is 35.8 Å². The van der Waals surface area contributed by atoms with Gasteiger partial charge in [0.05, 0.1) is 5.71 Å². The van der Waals surface area contributed by atoms with Crippen molar-refractivity contribution in [1.82, 2.24) is 4.90 Å². The lowest BCUT2D eigenvalue weighted by Gasteiger charge is -2.45. The summed E-state index contributed by atoms with van der Waals surface area (Å²) in [7, 11) is 2.22. The number of hydrogen-bond donors (Lipinski definition) is 1. The summed E-state index contributed by atoms with van der Waals surface area (Å²) in [6.07, 6.45) is 5.46. The highest BCUT2D eigenvalue weighted by atomic mass is 16.4.